The standard InChI is InChI=1S/C6H14.C4H10.C3H8.2C2H6/c1-5-6(2,3)4;1-3-4-2;1-3-2;2*1-2/h5H2,1-4H3;3-4H2,1-2H3;3H2,1-2H3;2*1-2H3. The molecule has 0 heteroatoms. The summed E-state index contributed by atoms with van der Waals surface area (Å²) in [4.78, 5) is 0. The molecule has 0 aromatic heterocycles. The molecule has 0 rings (SSSR count). The van der Waals surface area contributed by atoms with Crippen molar-refractivity contribution in [3.63, 3.8) is 0 Å². The van der Waals surface area contributed by atoms with E-state index in [2.05, 4.69) is 55.4 Å². The molecule has 0 nitrogen and oxygen atoms in total. The third-order valence-corrected chi connectivity index (χ3v) is 1.56. The van der Waals surface area contributed by atoms with Crippen molar-refractivity contribution in [2.45, 2.75) is 109 Å². The largest absolute Gasteiger partial charge is 0.0683 e. The van der Waals surface area contributed by atoms with Crippen LogP contribution >= 0.6 is 0 Å². The minimum absolute atomic E-state index is 0.542. The summed E-state index contributed by atoms with van der Waals surface area (Å²) in [5.74, 6) is 0. The molecule has 0 saturated carbocycles. The topological polar surface area (TPSA) is 0 Å². The molecule has 0 aliphatic rings. The molecule has 0 aromatic carbocycles. The zero-order valence-electron chi connectivity index (χ0n) is 15.3. The fraction of sp³-hybridized carbons (Fsp3) is 1.00. The van der Waals surface area contributed by atoms with E-state index in [4.69, 9.17) is 0 Å². The maximum absolute atomic E-state index is 2.24. The van der Waals surface area contributed by atoms with Gasteiger partial charge in [-0.25, -0.2) is 0 Å². The average Bonchev–Trinajstić information content (AvgIpc) is 2.34. The van der Waals surface area contributed by atoms with Gasteiger partial charge in [-0.05, 0) is 5.41 Å². The van der Waals surface area contributed by atoms with Crippen molar-refractivity contribution in [1.29, 1.82) is 0 Å². The molecule has 0 unspecified atom stereocenters. The van der Waals surface area contributed by atoms with Gasteiger partial charge in [0.25, 0.3) is 0 Å². The highest BCUT2D eigenvalue weighted by Gasteiger charge is 2.03. The molecule has 0 aliphatic heterocycles. The molecular weight excluding hydrogens is 204 g/mol. The zero-order valence-corrected chi connectivity index (χ0v) is 15.3. The van der Waals surface area contributed by atoms with Gasteiger partial charge in [-0.2, -0.15) is 0 Å². The summed E-state index contributed by atoms with van der Waals surface area (Å²) in [6.45, 7) is 25.5. The molecule has 0 radical (unpaired) electrons. The Morgan fingerprint density at radius 2 is 0.706 bits per heavy atom. The number of rotatable bonds is 1. The van der Waals surface area contributed by atoms with Crippen molar-refractivity contribution in [2.75, 3.05) is 0 Å². The molecule has 17 heavy (non-hydrogen) atoms. The first-order chi connectivity index (χ1) is 7.89. The van der Waals surface area contributed by atoms with Crippen LogP contribution in [0.25, 0.3) is 0 Å². The minimum atomic E-state index is 0.542. The van der Waals surface area contributed by atoms with Crippen LogP contribution in [-0.4, -0.2) is 0 Å². The monoisotopic (exact) mass is 248 g/mol. The van der Waals surface area contributed by atoms with Crippen LogP contribution in [-0.2, 0) is 0 Å². The van der Waals surface area contributed by atoms with Crippen molar-refractivity contribution < 1.29 is 0 Å². The van der Waals surface area contributed by atoms with E-state index in [1.807, 2.05) is 27.7 Å². The van der Waals surface area contributed by atoms with Crippen molar-refractivity contribution >= 4 is 0 Å². The summed E-state index contributed by atoms with van der Waals surface area (Å²) in [5, 5.41) is 0. The Kier molecular flexibility index (Phi) is 64.0. The van der Waals surface area contributed by atoms with Crippen molar-refractivity contribution in [3.8, 4) is 0 Å². The summed E-state index contributed by atoms with van der Waals surface area (Å²) in [6, 6.07) is 0. The van der Waals surface area contributed by atoms with E-state index in [0.717, 1.165) is 0 Å². The van der Waals surface area contributed by atoms with Gasteiger partial charge in [-0.1, -0.05) is 109 Å². The van der Waals surface area contributed by atoms with Gasteiger partial charge in [0.1, 0.15) is 0 Å². The lowest BCUT2D eigenvalue weighted by Crippen LogP contribution is -2.00. The van der Waals surface area contributed by atoms with Crippen LogP contribution in [0.3, 0.4) is 0 Å². The highest BCUT2D eigenvalue weighted by molar-refractivity contribution is 4.55. The normalized spacial score (nSPS) is 7.76. The fourth-order valence-electron chi connectivity index (χ4n) is 0. The highest BCUT2D eigenvalue weighted by atomic mass is 14.1. The zero-order chi connectivity index (χ0) is 15.3. The van der Waals surface area contributed by atoms with Gasteiger partial charge >= 0.3 is 0 Å². The maximum atomic E-state index is 2.24. The Labute approximate surface area is 115 Å². The molecule has 0 amide bonds. The highest BCUT2D eigenvalue weighted by Crippen LogP contribution is 2.16. The van der Waals surface area contributed by atoms with Crippen molar-refractivity contribution in [2.24, 2.45) is 5.41 Å². The number of hydrogen-bond donors (Lipinski definition) is 0. The molecule has 0 aromatic rings. The van der Waals surface area contributed by atoms with E-state index in [-0.39, 0.29) is 0 Å². The Hall–Kier alpha value is 0. The molecule has 0 fully saturated rings. The first-order valence-corrected chi connectivity index (χ1v) is 7.89. The van der Waals surface area contributed by atoms with Gasteiger partial charge < -0.3 is 0 Å². The van der Waals surface area contributed by atoms with E-state index in [1.165, 1.54) is 25.7 Å². The van der Waals surface area contributed by atoms with Crippen LogP contribution in [0, 0.1) is 5.41 Å². The summed E-state index contributed by atoms with van der Waals surface area (Å²) in [5.41, 5.74) is 0.542. The number of unbranched alkanes of at least 4 members (excludes halogenated alkanes) is 1. The van der Waals surface area contributed by atoms with Crippen LogP contribution in [0.5, 0.6) is 0 Å². The van der Waals surface area contributed by atoms with Gasteiger partial charge in [0, 0.05) is 0 Å². The van der Waals surface area contributed by atoms with Crippen LogP contribution in [0.2, 0.25) is 0 Å². The second-order valence-corrected chi connectivity index (χ2v) is 4.62. The van der Waals surface area contributed by atoms with Crippen LogP contribution in [0.1, 0.15) is 109 Å². The van der Waals surface area contributed by atoms with Gasteiger partial charge in [0.15, 0.2) is 0 Å². The minimum Gasteiger partial charge on any atom is -0.0683 e. The summed E-state index contributed by atoms with van der Waals surface area (Å²) >= 11 is 0. The smallest absolute Gasteiger partial charge is 0.0385 e. The van der Waals surface area contributed by atoms with Crippen LogP contribution < -0.4 is 0 Å². The van der Waals surface area contributed by atoms with E-state index in [1.54, 1.807) is 0 Å². The van der Waals surface area contributed by atoms with E-state index >= 15 is 0 Å². The Morgan fingerprint density at radius 3 is 0.706 bits per heavy atom. The van der Waals surface area contributed by atoms with Crippen LogP contribution in [0.15, 0.2) is 0 Å². The van der Waals surface area contributed by atoms with Gasteiger partial charge in [0.2, 0.25) is 0 Å². The molecule has 0 spiro atoms. The lowest BCUT2D eigenvalue weighted by atomic mass is 9.94. The molecule has 0 saturated heterocycles. The van der Waals surface area contributed by atoms with Crippen molar-refractivity contribution in [1.82, 2.24) is 0 Å². The second kappa shape index (κ2) is 36.0. The van der Waals surface area contributed by atoms with E-state index in [9.17, 15) is 0 Å². The molecule has 112 valence electrons. The Morgan fingerprint density at radius 1 is 0.588 bits per heavy atom. The third kappa shape index (κ3) is 196. The van der Waals surface area contributed by atoms with Gasteiger partial charge in [-0.3, -0.25) is 0 Å². The summed E-state index contributed by atoms with van der Waals surface area (Å²) < 4.78 is 0. The molecule has 0 N–H and O–H groups in total. The Bertz CT molecular complexity index is 54.9. The summed E-state index contributed by atoms with van der Waals surface area (Å²) in [6.07, 6.45) is 5.16. The Balaban J connectivity index is -0.0000000385. The maximum Gasteiger partial charge on any atom is -0.0385 e. The van der Waals surface area contributed by atoms with E-state index < -0.39 is 0 Å². The first kappa shape index (κ1) is 30.2. The number of hydrogen-bond acceptors (Lipinski definition) is 0. The predicted octanol–water partition coefficient (Wildman–Crippen LogP) is 7.72. The lowest BCUT2D eigenvalue weighted by Gasteiger charge is -2.12. The molecule has 0 bridgehead atoms. The molecule has 0 atom stereocenters. The van der Waals surface area contributed by atoms with Crippen LogP contribution in [0.4, 0.5) is 0 Å². The fourth-order valence-corrected chi connectivity index (χ4v) is 0. The molecular formula is C17H44. The lowest BCUT2D eigenvalue weighted by molar-refractivity contribution is 0.398. The molecule has 0 heterocycles. The molecule has 0 aliphatic carbocycles. The predicted molar refractivity (Wildman–Crippen MR) is 89.0 cm³/mol. The van der Waals surface area contributed by atoms with Gasteiger partial charge in [0.05, 0.1) is 0 Å². The SMILES string of the molecule is CC.CC.CCC.CCC(C)(C)C.CCCC. The first-order valence-electron chi connectivity index (χ1n) is 7.89. The van der Waals surface area contributed by atoms with E-state index in [0.29, 0.717) is 5.41 Å². The second-order valence-electron chi connectivity index (χ2n) is 4.62. The summed E-state index contributed by atoms with van der Waals surface area (Å²) in [7, 11) is 0. The van der Waals surface area contributed by atoms with Crippen molar-refractivity contribution in [3.05, 3.63) is 0 Å². The van der Waals surface area contributed by atoms with Gasteiger partial charge in [-0.15, -0.1) is 0 Å². The third-order valence-electron chi connectivity index (χ3n) is 1.56. The average molecular weight is 249 g/mol. The quantitative estimate of drug-likeness (QED) is 0.445.